The summed E-state index contributed by atoms with van der Waals surface area (Å²) >= 11 is 0. The molecule has 0 spiro atoms. The fourth-order valence-electron chi connectivity index (χ4n) is 3.02. The van der Waals surface area contributed by atoms with E-state index in [1.807, 2.05) is 0 Å². The summed E-state index contributed by atoms with van der Waals surface area (Å²) in [7, 11) is 0. The average molecular weight is 196 g/mol. The molecule has 2 N–H and O–H groups in total. The van der Waals surface area contributed by atoms with E-state index in [4.69, 9.17) is 5.73 Å². The van der Waals surface area contributed by atoms with E-state index >= 15 is 0 Å². The summed E-state index contributed by atoms with van der Waals surface area (Å²) in [4.78, 5) is 2.64. The molecule has 0 aromatic heterocycles. The maximum absolute atomic E-state index is 5.93. The van der Waals surface area contributed by atoms with Crippen molar-refractivity contribution in [2.24, 2.45) is 17.1 Å². The molecule has 2 aliphatic rings. The quantitative estimate of drug-likeness (QED) is 0.730. The number of nitrogens with two attached hydrogens (primary N) is 1. The van der Waals surface area contributed by atoms with E-state index in [0.29, 0.717) is 11.5 Å². The molecule has 0 aromatic rings. The summed E-state index contributed by atoms with van der Waals surface area (Å²) in [6.07, 6.45) is 5.24. The first kappa shape index (κ1) is 10.4. The standard InChI is InChI=1S/C12H24N2/c1-12(2)5-6-14(9-12)8-10-3-4-11(13)7-10/h10-11H,3-9,13H2,1-2H3. The Morgan fingerprint density at radius 2 is 2.14 bits per heavy atom. The Morgan fingerprint density at radius 3 is 2.64 bits per heavy atom. The second kappa shape index (κ2) is 3.82. The molecule has 2 heteroatoms. The summed E-state index contributed by atoms with van der Waals surface area (Å²) in [5.41, 5.74) is 6.49. The van der Waals surface area contributed by atoms with Crippen molar-refractivity contribution in [2.45, 2.75) is 45.6 Å². The van der Waals surface area contributed by atoms with E-state index in [0.717, 1.165) is 5.92 Å². The van der Waals surface area contributed by atoms with Gasteiger partial charge in [0, 0.05) is 19.1 Å². The third kappa shape index (κ3) is 2.48. The van der Waals surface area contributed by atoms with Crippen molar-refractivity contribution in [1.29, 1.82) is 0 Å². The lowest BCUT2D eigenvalue weighted by atomic mass is 9.93. The van der Waals surface area contributed by atoms with Crippen LogP contribution in [0.3, 0.4) is 0 Å². The second-order valence-electron chi connectivity index (χ2n) is 6.09. The number of likely N-dealkylation sites (tertiary alicyclic amines) is 1. The first-order valence-corrected chi connectivity index (χ1v) is 6.03. The molecule has 0 radical (unpaired) electrons. The maximum Gasteiger partial charge on any atom is 0.00420 e. The SMILES string of the molecule is CC1(C)CCN(CC2CCC(N)C2)C1. The molecule has 0 bridgehead atoms. The molecular formula is C12H24N2. The molecular weight excluding hydrogens is 172 g/mol. The van der Waals surface area contributed by atoms with Crippen LogP contribution in [-0.2, 0) is 0 Å². The summed E-state index contributed by atoms with van der Waals surface area (Å²) in [6.45, 7) is 8.66. The largest absolute Gasteiger partial charge is 0.328 e. The molecule has 2 fully saturated rings. The van der Waals surface area contributed by atoms with Crippen molar-refractivity contribution >= 4 is 0 Å². The monoisotopic (exact) mass is 196 g/mol. The predicted octanol–water partition coefficient (Wildman–Crippen LogP) is 1.85. The van der Waals surface area contributed by atoms with Gasteiger partial charge in [0.2, 0.25) is 0 Å². The fraction of sp³-hybridized carbons (Fsp3) is 1.00. The highest BCUT2D eigenvalue weighted by Crippen LogP contribution is 2.32. The number of nitrogens with zero attached hydrogens (tertiary/aromatic N) is 1. The summed E-state index contributed by atoms with van der Waals surface area (Å²) in [6, 6.07) is 0.496. The van der Waals surface area contributed by atoms with E-state index in [9.17, 15) is 0 Å². The zero-order valence-corrected chi connectivity index (χ0v) is 9.63. The van der Waals surface area contributed by atoms with Crippen LogP contribution < -0.4 is 5.73 Å². The minimum absolute atomic E-state index is 0.496. The Labute approximate surface area is 87.8 Å². The van der Waals surface area contributed by atoms with Crippen molar-refractivity contribution in [1.82, 2.24) is 4.90 Å². The minimum atomic E-state index is 0.496. The van der Waals surface area contributed by atoms with Crippen LogP contribution in [0.2, 0.25) is 0 Å². The highest BCUT2D eigenvalue weighted by molar-refractivity contribution is 4.86. The van der Waals surface area contributed by atoms with Crippen LogP contribution >= 0.6 is 0 Å². The molecule has 2 rings (SSSR count). The molecule has 1 heterocycles. The van der Waals surface area contributed by atoms with E-state index in [1.54, 1.807) is 0 Å². The van der Waals surface area contributed by atoms with Crippen molar-refractivity contribution in [3.8, 4) is 0 Å². The highest BCUT2D eigenvalue weighted by Gasteiger charge is 2.31. The maximum atomic E-state index is 5.93. The van der Waals surface area contributed by atoms with Gasteiger partial charge >= 0.3 is 0 Å². The normalized spacial score (nSPS) is 37.9. The number of rotatable bonds is 2. The lowest BCUT2D eigenvalue weighted by Gasteiger charge is -2.22. The Bertz CT molecular complexity index is 200. The molecule has 14 heavy (non-hydrogen) atoms. The van der Waals surface area contributed by atoms with Crippen LogP contribution in [-0.4, -0.2) is 30.6 Å². The van der Waals surface area contributed by atoms with Crippen LogP contribution in [0.1, 0.15) is 39.5 Å². The summed E-state index contributed by atoms with van der Waals surface area (Å²) in [5, 5.41) is 0. The average Bonchev–Trinajstić information content (AvgIpc) is 2.59. The predicted molar refractivity (Wildman–Crippen MR) is 60.2 cm³/mol. The molecule has 2 unspecified atom stereocenters. The van der Waals surface area contributed by atoms with Gasteiger partial charge in [0.05, 0.1) is 0 Å². The van der Waals surface area contributed by atoms with E-state index in [1.165, 1.54) is 45.3 Å². The van der Waals surface area contributed by atoms with Gasteiger partial charge < -0.3 is 10.6 Å². The third-order valence-corrected chi connectivity index (χ3v) is 3.85. The van der Waals surface area contributed by atoms with Crippen molar-refractivity contribution in [3.05, 3.63) is 0 Å². The van der Waals surface area contributed by atoms with Gasteiger partial charge in [0.15, 0.2) is 0 Å². The number of hydrogen-bond acceptors (Lipinski definition) is 2. The molecule has 2 nitrogen and oxygen atoms in total. The third-order valence-electron chi connectivity index (χ3n) is 3.85. The lowest BCUT2D eigenvalue weighted by Crippen LogP contribution is -2.28. The van der Waals surface area contributed by atoms with Crippen LogP contribution in [0.25, 0.3) is 0 Å². The molecule has 1 saturated heterocycles. The van der Waals surface area contributed by atoms with Gasteiger partial charge in [-0.25, -0.2) is 0 Å². The zero-order valence-electron chi connectivity index (χ0n) is 9.63. The molecule has 1 aliphatic carbocycles. The van der Waals surface area contributed by atoms with E-state index < -0.39 is 0 Å². The van der Waals surface area contributed by atoms with Crippen molar-refractivity contribution < 1.29 is 0 Å². The van der Waals surface area contributed by atoms with E-state index in [-0.39, 0.29) is 0 Å². The second-order valence-corrected chi connectivity index (χ2v) is 6.09. The van der Waals surface area contributed by atoms with Crippen LogP contribution in [0.5, 0.6) is 0 Å². The molecule has 82 valence electrons. The Hall–Kier alpha value is -0.0800. The molecule has 1 aliphatic heterocycles. The van der Waals surface area contributed by atoms with Crippen LogP contribution in [0.4, 0.5) is 0 Å². The lowest BCUT2D eigenvalue weighted by molar-refractivity contribution is 0.250. The van der Waals surface area contributed by atoms with Crippen LogP contribution in [0.15, 0.2) is 0 Å². The molecule has 1 saturated carbocycles. The number of hydrogen-bond donors (Lipinski definition) is 1. The summed E-state index contributed by atoms with van der Waals surface area (Å²) < 4.78 is 0. The molecule has 0 aromatic carbocycles. The van der Waals surface area contributed by atoms with Gasteiger partial charge in [-0.2, -0.15) is 0 Å². The van der Waals surface area contributed by atoms with Gasteiger partial charge in [-0.05, 0) is 43.6 Å². The van der Waals surface area contributed by atoms with Gasteiger partial charge in [-0.15, -0.1) is 0 Å². The van der Waals surface area contributed by atoms with Crippen molar-refractivity contribution in [2.75, 3.05) is 19.6 Å². The highest BCUT2D eigenvalue weighted by atomic mass is 15.2. The molecule has 2 atom stereocenters. The van der Waals surface area contributed by atoms with Crippen molar-refractivity contribution in [3.63, 3.8) is 0 Å². The first-order valence-electron chi connectivity index (χ1n) is 6.03. The van der Waals surface area contributed by atoms with E-state index in [2.05, 4.69) is 18.7 Å². The van der Waals surface area contributed by atoms with Gasteiger partial charge in [-0.3, -0.25) is 0 Å². The Kier molecular flexibility index (Phi) is 2.85. The first-order chi connectivity index (χ1) is 6.55. The van der Waals surface area contributed by atoms with Gasteiger partial charge in [0.1, 0.15) is 0 Å². The smallest absolute Gasteiger partial charge is 0.00420 e. The summed E-state index contributed by atoms with van der Waals surface area (Å²) in [5.74, 6) is 0.888. The Balaban J connectivity index is 1.76. The topological polar surface area (TPSA) is 29.3 Å². The Morgan fingerprint density at radius 1 is 1.36 bits per heavy atom. The van der Waals surface area contributed by atoms with Gasteiger partial charge in [-0.1, -0.05) is 13.8 Å². The van der Waals surface area contributed by atoms with Gasteiger partial charge in [0.25, 0.3) is 0 Å². The fourth-order valence-corrected chi connectivity index (χ4v) is 3.02. The zero-order chi connectivity index (χ0) is 10.2. The minimum Gasteiger partial charge on any atom is -0.328 e. The molecule has 0 amide bonds. The van der Waals surface area contributed by atoms with Crippen LogP contribution in [0, 0.1) is 11.3 Å².